The van der Waals surface area contributed by atoms with Gasteiger partial charge in [0.1, 0.15) is 5.75 Å². The normalized spacial score (nSPS) is 9.50. The van der Waals surface area contributed by atoms with Crippen molar-refractivity contribution in [2.24, 2.45) is 0 Å². The predicted octanol–water partition coefficient (Wildman–Crippen LogP) is 7.49. The van der Waals surface area contributed by atoms with Crippen molar-refractivity contribution in [1.82, 2.24) is 0 Å². The topological polar surface area (TPSA) is 9.23 Å². The first-order valence-corrected chi connectivity index (χ1v) is 9.71. The van der Waals surface area contributed by atoms with Gasteiger partial charge in [0.2, 0.25) is 0 Å². The van der Waals surface area contributed by atoms with Crippen LogP contribution in [0.15, 0.2) is 60.0 Å². The summed E-state index contributed by atoms with van der Waals surface area (Å²) in [5.41, 5.74) is 0. The molecule has 0 spiro atoms. The molecule has 3 aromatic rings. The Hall–Kier alpha value is -1.80. The third-order valence-corrected chi connectivity index (χ3v) is 3.97. The number of benzene rings is 2. The molecular weight excluding hydrogens is 312 g/mol. The minimum Gasteiger partial charge on any atom is -0.493 e. The van der Waals surface area contributed by atoms with E-state index in [0.29, 0.717) is 0 Å². The van der Waals surface area contributed by atoms with Crippen LogP contribution in [0.2, 0.25) is 0 Å². The number of hydrogen-bond acceptors (Lipinski definition) is 2. The number of ether oxygens (including phenoxy) is 1. The quantitative estimate of drug-likeness (QED) is 0.446. The zero-order valence-electron chi connectivity index (χ0n) is 15.4. The van der Waals surface area contributed by atoms with Crippen molar-refractivity contribution in [2.45, 2.75) is 47.0 Å². The molecule has 0 radical (unpaired) electrons. The van der Waals surface area contributed by atoms with Crippen molar-refractivity contribution in [3.63, 3.8) is 0 Å². The van der Waals surface area contributed by atoms with Gasteiger partial charge in [0.25, 0.3) is 0 Å². The maximum absolute atomic E-state index is 5.76. The van der Waals surface area contributed by atoms with Crippen LogP contribution in [0.1, 0.15) is 44.9 Å². The van der Waals surface area contributed by atoms with E-state index in [-0.39, 0.29) is 0 Å². The summed E-state index contributed by atoms with van der Waals surface area (Å²) in [6, 6.07) is 18.7. The van der Waals surface area contributed by atoms with Crippen LogP contribution in [0.3, 0.4) is 0 Å². The van der Waals surface area contributed by atoms with E-state index in [2.05, 4.69) is 75.5 Å². The first kappa shape index (κ1) is 20.2. The number of hydrogen-bond donors (Lipinski definition) is 0. The lowest BCUT2D eigenvalue weighted by Gasteiger charge is -2.08. The Labute approximate surface area is 151 Å². The van der Waals surface area contributed by atoms with Gasteiger partial charge in [-0.05, 0) is 36.2 Å². The molecule has 0 saturated carbocycles. The lowest BCUT2D eigenvalue weighted by Crippen LogP contribution is -1.96. The summed E-state index contributed by atoms with van der Waals surface area (Å²) in [5.74, 6) is 1.00. The summed E-state index contributed by atoms with van der Waals surface area (Å²) >= 11 is 1.78. The van der Waals surface area contributed by atoms with E-state index < -0.39 is 0 Å². The monoisotopic (exact) mass is 342 g/mol. The summed E-state index contributed by atoms with van der Waals surface area (Å²) in [7, 11) is 0. The second-order valence-corrected chi connectivity index (χ2v) is 6.76. The van der Waals surface area contributed by atoms with Crippen molar-refractivity contribution < 1.29 is 4.74 Å². The van der Waals surface area contributed by atoms with Crippen molar-refractivity contribution in [1.29, 1.82) is 0 Å². The van der Waals surface area contributed by atoms with Crippen molar-refractivity contribution in [3.05, 3.63) is 64.9 Å². The Balaban J connectivity index is 0.000000265. The number of thiophene rings is 1. The van der Waals surface area contributed by atoms with Gasteiger partial charge in [-0.1, -0.05) is 76.1 Å². The molecule has 0 fully saturated rings. The van der Waals surface area contributed by atoms with Gasteiger partial charge in [-0.15, -0.1) is 11.3 Å². The van der Waals surface area contributed by atoms with Gasteiger partial charge in [0, 0.05) is 10.3 Å². The van der Waals surface area contributed by atoms with Crippen molar-refractivity contribution in [3.8, 4) is 5.75 Å². The zero-order chi connectivity index (χ0) is 17.6. The van der Waals surface area contributed by atoms with E-state index in [1.165, 1.54) is 28.5 Å². The van der Waals surface area contributed by atoms with Crippen molar-refractivity contribution in [2.75, 3.05) is 6.61 Å². The fraction of sp³-hybridized carbons (Fsp3) is 0.364. The third-order valence-electron chi connectivity index (χ3n) is 3.17. The molecule has 3 rings (SSSR count). The van der Waals surface area contributed by atoms with Crippen LogP contribution >= 0.6 is 11.3 Å². The van der Waals surface area contributed by atoms with E-state index in [0.717, 1.165) is 18.8 Å². The number of unbranched alkanes of at least 4 members (excludes halogenated alkanes) is 1. The van der Waals surface area contributed by atoms with Crippen molar-refractivity contribution >= 4 is 22.1 Å². The lowest BCUT2D eigenvalue weighted by molar-refractivity contribution is 0.313. The summed E-state index contributed by atoms with van der Waals surface area (Å²) in [5, 5.41) is 4.53. The molecule has 2 aromatic carbocycles. The van der Waals surface area contributed by atoms with Gasteiger partial charge in [-0.2, -0.15) is 0 Å². The Morgan fingerprint density at radius 1 is 0.875 bits per heavy atom. The fourth-order valence-electron chi connectivity index (χ4n) is 2.01. The average Bonchev–Trinajstić information content (AvgIpc) is 3.08. The number of aryl methyl sites for hydroxylation is 1. The molecule has 0 unspecified atom stereocenters. The molecule has 130 valence electrons. The van der Waals surface area contributed by atoms with Crippen LogP contribution in [0, 0.1) is 6.92 Å². The molecule has 0 saturated heterocycles. The van der Waals surface area contributed by atoms with Gasteiger partial charge in [0.05, 0.1) is 6.61 Å². The molecule has 0 atom stereocenters. The molecule has 1 nitrogen and oxygen atoms in total. The zero-order valence-corrected chi connectivity index (χ0v) is 16.2. The van der Waals surface area contributed by atoms with Crippen LogP contribution in [-0.4, -0.2) is 6.61 Å². The highest BCUT2D eigenvalue weighted by molar-refractivity contribution is 7.09. The van der Waals surface area contributed by atoms with Crippen LogP contribution in [0.5, 0.6) is 5.75 Å². The minimum absolute atomic E-state index is 0.810. The Morgan fingerprint density at radius 3 is 2.17 bits per heavy atom. The van der Waals surface area contributed by atoms with Gasteiger partial charge in [-0.3, -0.25) is 0 Å². The molecule has 0 aliphatic carbocycles. The molecular formula is C22H30OS. The van der Waals surface area contributed by atoms with E-state index in [1.54, 1.807) is 11.3 Å². The smallest absolute Gasteiger partial charge is 0.127 e. The SMILES string of the molecule is CCC.CCCCOc1cccc2ccccc12.Cc1cccs1. The van der Waals surface area contributed by atoms with Crippen LogP contribution in [0.4, 0.5) is 0 Å². The molecule has 24 heavy (non-hydrogen) atoms. The van der Waals surface area contributed by atoms with Gasteiger partial charge in [0.15, 0.2) is 0 Å². The number of rotatable bonds is 4. The Kier molecular flexibility index (Phi) is 10.6. The van der Waals surface area contributed by atoms with E-state index in [4.69, 9.17) is 4.74 Å². The molecule has 0 N–H and O–H groups in total. The van der Waals surface area contributed by atoms with Gasteiger partial charge in [-0.25, -0.2) is 0 Å². The predicted molar refractivity (Wildman–Crippen MR) is 109 cm³/mol. The minimum atomic E-state index is 0.810. The highest BCUT2D eigenvalue weighted by Crippen LogP contribution is 2.25. The molecule has 0 bridgehead atoms. The fourth-order valence-corrected chi connectivity index (χ4v) is 2.54. The maximum atomic E-state index is 5.76. The lowest BCUT2D eigenvalue weighted by atomic mass is 10.1. The first-order valence-electron chi connectivity index (χ1n) is 8.83. The molecule has 0 aliphatic heterocycles. The highest BCUT2D eigenvalue weighted by Gasteiger charge is 1.99. The Bertz CT molecular complexity index is 653. The first-order chi connectivity index (χ1) is 11.7. The molecule has 1 aromatic heterocycles. The third kappa shape index (κ3) is 7.65. The number of fused-ring (bicyclic) bond motifs is 1. The standard InChI is InChI=1S/C14H16O.C5H6S.C3H8/c1-2-3-11-15-14-10-6-8-12-7-4-5-9-13(12)14;1-5-3-2-4-6-5;1-3-2/h4-10H,2-3,11H2,1H3;2-4H,1H3;3H2,1-2H3. The second-order valence-electron chi connectivity index (χ2n) is 5.61. The maximum Gasteiger partial charge on any atom is 0.127 e. The molecule has 0 amide bonds. The summed E-state index contributed by atoms with van der Waals surface area (Å²) in [6.07, 6.45) is 3.54. The molecule has 0 aliphatic rings. The van der Waals surface area contributed by atoms with E-state index in [1.807, 2.05) is 12.1 Å². The second kappa shape index (κ2) is 12.6. The van der Waals surface area contributed by atoms with E-state index in [9.17, 15) is 0 Å². The molecule has 2 heteroatoms. The van der Waals surface area contributed by atoms with Gasteiger partial charge < -0.3 is 4.74 Å². The van der Waals surface area contributed by atoms with Crippen LogP contribution < -0.4 is 4.74 Å². The summed E-state index contributed by atoms with van der Waals surface area (Å²) in [4.78, 5) is 1.38. The molecule has 1 heterocycles. The van der Waals surface area contributed by atoms with Gasteiger partial charge >= 0.3 is 0 Å². The highest BCUT2D eigenvalue weighted by atomic mass is 32.1. The Morgan fingerprint density at radius 2 is 1.58 bits per heavy atom. The van der Waals surface area contributed by atoms with E-state index >= 15 is 0 Å². The average molecular weight is 343 g/mol. The largest absolute Gasteiger partial charge is 0.493 e. The summed E-state index contributed by atoms with van der Waals surface area (Å²) < 4.78 is 5.76. The van der Waals surface area contributed by atoms with Crippen LogP contribution in [-0.2, 0) is 0 Å². The van der Waals surface area contributed by atoms with Crippen LogP contribution in [0.25, 0.3) is 10.8 Å². The summed E-state index contributed by atoms with van der Waals surface area (Å²) in [6.45, 7) is 9.33.